The largest absolute Gasteiger partial charge is 0.508 e. The molecule has 0 aliphatic carbocycles. The Kier molecular flexibility index (Phi) is 5.28. The molecule has 0 amide bonds. The molecule has 0 unspecified atom stereocenters. The van der Waals surface area contributed by atoms with Crippen LogP contribution in [-0.4, -0.2) is 18.3 Å². The molecule has 0 spiro atoms. The van der Waals surface area contributed by atoms with Gasteiger partial charge in [-0.15, -0.1) is 0 Å². The van der Waals surface area contributed by atoms with Gasteiger partial charge in [-0.25, -0.2) is 4.39 Å². The SMILES string of the molecule is CCOP(=O)(OCC)[C@H](N)c1cc(F)ccc1O. The van der Waals surface area contributed by atoms with Gasteiger partial charge in [0.1, 0.15) is 17.3 Å². The molecule has 0 saturated heterocycles. The Morgan fingerprint density at radius 2 is 1.94 bits per heavy atom. The van der Waals surface area contributed by atoms with Gasteiger partial charge in [-0.05, 0) is 32.0 Å². The van der Waals surface area contributed by atoms with Crippen LogP contribution in [0.25, 0.3) is 0 Å². The van der Waals surface area contributed by atoms with E-state index in [4.69, 9.17) is 14.8 Å². The molecule has 1 aromatic rings. The van der Waals surface area contributed by atoms with E-state index in [0.717, 1.165) is 18.2 Å². The average Bonchev–Trinajstić information content (AvgIpc) is 2.32. The van der Waals surface area contributed by atoms with Gasteiger partial charge in [0.25, 0.3) is 0 Å². The van der Waals surface area contributed by atoms with Gasteiger partial charge in [0.2, 0.25) is 0 Å². The zero-order chi connectivity index (χ0) is 13.8. The minimum atomic E-state index is -3.63. The molecule has 1 aromatic carbocycles. The third-order valence-electron chi connectivity index (χ3n) is 2.27. The number of aromatic hydroxyl groups is 1. The maximum Gasteiger partial charge on any atom is 0.351 e. The fraction of sp³-hybridized carbons (Fsp3) is 0.455. The highest BCUT2D eigenvalue weighted by Crippen LogP contribution is 2.59. The molecule has 1 atom stereocenters. The smallest absolute Gasteiger partial charge is 0.351 e. The third kappa shape index (κ3) is 3.29. The van der Waals surface area contributed by atoms with Crippen molar-refractivity contribution >= 4 is 7.60 Å². The second kappa shape index (κ2) is 6.29. The second-order valence-electron chi connectivity index (χ2n) is 3.52. The van der Waals surface area contributed by atoms with Crippen LogP contribution < -0.4 is 5.73 Å². The summed E-state index contributed by atoms with van der Waals surface area (Å²) in [7, 11) is -3.63. The van der Waals surface area contributed by atoms with E-state index in [2.05, 4.69) is 0 Å². The molecular formula is C11H17FNO4P. The number of phenols is 1. The van der Waals surface area contributed by atoms with Crippen molar-refractivity contribution < 1.29 is 23.1 Å². The van der Waals surface area contributed by atoms with Crippen LogP contribution in [0.3, 0.4) is 0 Å². The molecule has 0 aliphatic heterocycles. The minimum absolute atomic E-state index is 0.000216. The minimum Gasteiger partial charge on any atom is -0.508 e. The predicted molar refractivity (Wildman–Crippen MR) is 65.9 cm³/mol. The van der Waals surface area contributed by atoms with Crippen LogP contribution in [0.15, 0.2) is 18.2 Å². The molecule has 3 N–H and O–H groups in total. The van der Waals surface area contributed by atoms with E-state index in [1.54, 1.807) is 13.8 Å². The summed E-state index contributed by atoms with van der Waals surface area (Å²) in [5.74, 6) is -2.06. The summed E-state index contributed by atoms with van der Waals surface area (Å²) >= 11 is 0. The second-order valence-corrected chi connectivity index (χ2v) is 5.68. The number of benzene rings is 1. The van der Waals surface area contributed by atoms with Crippen molar-refractivity contribution in [1.29, 1.82) is 0 Å². The van der Waals surface area contributed by atoms with Crippen LogP contribution in [0.2, 0.25) is 0 Å². The van der Waals surface area contributed by atoms with Crippen LogP contribution in [0.5, 0.6) is 5.75 Å². The highest BCUT2D eigenvalue weighted by molar-refractivity contribution is 7.54. The van der Waals surface area contributed by atoms with Crippen LogP contribution in [0, 0.1) is 5.82 Å². The molecule has 5 nitrogen and oxygen atoms in total. The normalized spacial score (nSPS) is 13.6. The molecule has 102 valence electrons. The Morgan fingerprint density at radius 1 is 1.39 bits per heavy atom. The van der Waals surface area contributed by atoms with Crippen molar-refractivity contribution in [3.05, 3.63) is 29.6 Å². The average molecular weight is 277 g/mol. The number of rotatable bonds is 6. The topological polar surface area (TPSA) is 81.8 Å². The molecule has 0 heterocycles. The first-order chi connectivity index (χ1) is 8.44. The van der Waals surface area contributed by atoms with Gasteiger partial charge < -0.3 is 19.9 Å². The van der Waals surface area contributed by atoms with E-state index < -0.39 is 19.2 Å². The first-order valence-electron chi connectivity index (χ1n) is 5.57. The highest BCUT2D eigenvalue weighted by Gasteiger charge is 2.35. The van der Waals surface area contributed by atoms with Crippen molar-refractivity contribution in [2.75, 3.05) is 13.2 Å². The molecule has 0 saturated carbocycles. The molecule has 0 radical (unpaired) electrons. The lowest BCUT2D eigenvalue weighted by molar-refractivity contribution is 0.212. The van der Waals surface area contributed by atoms with Gasteiger partial charge in [-0.1, -0.05) is 0 Å². The summed E-state index contributed by atoms with van der Waals surface area (Å²) in [4.78, 5) is 0. The first kappa shape index (κ1) is 15.1. The number of nitrogens with two attached hydrogens (primary N) is 1. The lowest BCUT2D eigenvalue weighted by Crippen LogP contribution is -2.15. The molecule has 0 fully saturated rings. The maximum absolute atomic E-state index is 13.1. The highest BCUT2D eigenvalue weighted by atomic mass is 31.2. The van der Waals surface area contributed by atoms with E-state index in [0.29, 0.717) is 0 Å². The quantitative estimate of drug-likeness (QED) is 0.781. The fourth-order valence-corrected chi connectivity index (χ4v) is 3.15. The summed E-state index contributed by atoms with van der Waals surface area (Å²) in [6.45, 7) is 3.57. The molecular weight excluding hydrogens is 260 g/mol. The van der Waals surface area contributed by atoms with E-state index in [-0.39, 0.29) is 24.5 Å². The van der Waals surface area contributed by atoms with Crippen LogP contribution in [-0.2, 0) is 13.6 Å². The van der Waals surface area contributed by atoms with E-state index in [1.807, 2.05) is 0 Å². The molecule has 7 heteroatoms. The maximum atomic E-state index is 13.1. The Labute approximate surface area is 105 Å². The number of hydrogen-bond acceptors (Lipinski definition) is 5. The van der Waals surface area contributed by atoms with Gasteiger partial charge in [0.15, 0.2) is 0 Å². The standard InChI is InChI=1S/C11H17FNO4P/c1-3-16-18(15,17-4-2)11(13)9-7-8(12)5-6-10(9)14/h5-7,11,14H,3-4,13H2,1-2H3/t11-/m0/s1. The van der Waals surface area contributed by atoms with Crippen LogP contribution in [0.1, 0.15) is 25.2 Å². The van der Waals surface area contributed by atoms with E-state index in [1.165, 1.54) is 0 Å². The van der Waals surface area contributed by atoms with Crippen molar-refractivity contribution in [3.8, 4) is 5.75 Å². The summed E-state index contributed by atoms with van der Waals surface area (Å²) in [5.41, 5.74) is 5.78. The monoisotopic (exact) mass is 277 g/mol. The van der Waals surface area contributed by atoms with Crippen molar-refractivity contribution in [2.24, 2.45) is 5.73 Å². The Hall–Kier alpha value is -0.940. The fourth-order valence-electron chi connectivity index (χ4n) is 1.49. The zero-order valence-electron chi connectivity index (χ0n) is 10.3. The first-order valence-corrected chi connectivity index (χ1v) is 7.18. The third-order valence-corrected chi connectivity index (χ3v) is 4.46. The Morgan fingerprint density at radius 3 is 2.44 bits per heavy atom. The van der Waals surface area contributed by atoms with Gasteiger partial charge >= 0.3 is 7.60 Å². The Balaban J connectivity index is 3.13. The number of hydrogen-bond donors (Lipinski definition) is 2. The van der Waals surface area contributed by atoms with Crippen molar-refractivity contribution in [3.63, 3.8) is 0 Å². The van der Waals surface area contributed by atoms with Gasteiger partial charge in [-0.2, -0.15) is 0 Å². The summed E-state index contributed by atoms with van der Waals surface area (Å²) in [6, 6.07) is 3.25. The van der Waals surface area contributed by atoms with E-state index in [9.17, 15) is 14.1 Å². The number of phenolic OH excluding ortho intramolecular Hbond substituents is 1. The Bertz CT molecular complexity index is 445. The predicted octanol–water partition coefficient (Wildman–Crippen LogP) is 2.75. The van der Waals surface area contributed by atoms with Crippen molar-refractivity contribution in [1.82, 2.24) is 0 Å². The van der Waals surface area contributed by atoms with Gasteiger partial charge in [0, 0.05) is 5.56 Å². The molecule has 0 aliphatic rings. The molecule has 0 aromatic heterocycles. The van der Waals surface area contributed by atoms with E-state index >= 15 is 0 Å². The summed E-state index contributed by atoms with van der Waals surface area (Å²) in [5, 5.41) is 9.63. The van der Waals surface area contributed by atoms with Crippen LogP contribution in [0.4, 0.5) is 4.39 Å². The lowest BCUT2D eigenvalue weighted by atomic mass is 10.2. The van der Waals surface area contributed by atoms with Crippen LogP contribution >= 0.6 is 7.60 Å². The molecule has 0 bridgehead atoms. The summed E-state index contributed by atoms with van der Waals surface area (Å²) in [6.07, 6.45) is 0. The number of halogens is 1. The lowest BCUT2D eigenvalue weighted by Gasteiger charge is -2.23. The summed E-state index contributed by atoms with van der Waals surface area (Å²) < 4.78 is 35.6. The molecule has 1 rings (SSSR count). The van der Waals surface area contributed by atoms with Gasteiger partial charge in [0.05, 0.1) is 13.2 Å². The van der Waals surface area contributed by atoms with Crippen molar-refractivity contribution in [2.45, 2.75) is 19.6 Å². The zero-order valence-corrected chi connectivity index (χ0v) is 11.2. The van der Waals surface area contributed by atoms with Gasteiger partial charge in [-0.3, -0.25) is 4.57 Å². The molecule has 18 heavy (non-hydrogen) atoms.